The Morgan fingerprint density at radius 2 is 2.41 bits per heavy atom. The van der Waals surface area contributed by atoms with E-state index in [1.165, 1.54) is 5.70 Å². The number of aliphatic hydroxyl groups is 1. The highest BCUT2D eigenvalue weighted by molar-refractivity contribution is 5.77. The third kappa shape index (κ3) is 2.30. The van der Waals surface area contributed by atoms with Crippen LogP contribution < -0.4 is 10.6 Å². The second-order valence-corrected chi connectivity index (χ2v) is 4.69. The molecule has 2 rings (SSSR count). The van der Waals surface area contributed by atoms with Gasteiger partial charge >= 0.3 is 0 Å². The first-order valence-corrected chi connectivity index (χ1v) is 6.30. The van der Waals surface area contributed by atoms with Crippen molar-refractivity contribution in [2.24, 2.45) is 0 Å². The molecule has 2 aliphatic rings. The van der Waals surface area contributed by atoms with Gasteiger partial charge in [0.2, 0.25) is 5.91 Å². The van der Waals surface area contributed by atoms with Crippen LogP contribution in [0.2, 0.25) is 0 Å². The van der Waals surface area contributed by atoms with Gasteiger partial charge in [0.25, 0.3) is 0 Å². The SMILES string of the molecule is CC/C=C1/NCCC12CN(C(=O)CO)CCN2. The van der Waals surface area contributed by atoms with E-state index in [9.17, 15) is 4.79 Å². The molecule has 5 heteroatoms. The fourth-order valence-electron chi connectivity index (χ4n) is 2.74. The molecule has 2 aliphatic heterocycles. The van der Waals surface area contributed by atoms with Crippen molar-refractivity contribution in [3.8, 4) is 0 Å². The Kier molecular flexibility index (Phi) is 3.69. The van der Waals surface area contributed by atoms with E-state index < -0.39 is 6.61 Å². The third-order valence-electron chi connectivity index (χ3n) is 3.58. The number of nitrogens with zero attached hydrogens (tertiary/aromatic N) is 1. The maximum atomic E-state index is 11.6. The number of amides is 1. The molecule has 2 saturated heterocycles. The number of nitrogens with one attached hydrogen (secondary N) is 2. The first-order chi connectivity index (χ1) is 8.22. The van der Waals surface area contributed by atoms with E-state index in [2.05, 4.69) is 23.6 Å². The molecular formula is C12H21N3O2. The maximum Gasteiger partial charge on any atom is 0.248 e. The van der Waals surface area contributed by atoms with Gasteiger partial charge in [-0.2, -0.15) is 0 Å². The number of aliphatic hydroxyl groups excluding tert-OH is 1. The van der Waals surface area contributed by atoms with Crippen LogP contribution in [0.15, 0.2) is 11.8 Å². The molecule has 2 heterocycles. The van der Waals surface area contributed by atoms with Crippen molar-refractivity contribution in [2.45, 2.75) is 25.3 Å². The van der Waals surface area contributed by atoms with Crippen molar-refractivity contribution in [3.63, 3.8) is 0 Å². The van der Waals surface area contributed by atoms with Crippen LogP contribution in [0.1, 0.15) is 19.8 Å². The number of carbonyl (C=O) groups is 1. The number of rotatable bonds is 2. The van der Waals surface area contributed by atoms with Gasteiger partial charge in [-0.15, -0.1) is 0 Å². The summed E-state index contributed by atoms with van der Waals surface area (Å²) in [5.74, 6) is -0.173. The van der Waals surface area contributed by atoms with E-state index in [1.54, 1.807) is 4.90 Å². The smallest absolute Gasteiger partial charge is 0.248 e. The van der Waals surface area contributed by atoms with E-state index in [1.807, 2.05) is 0 Å². The minimum atomic E-state index is -0.393. The molecule has 96 valence electrons. The fraction of sp³-hybridized carbons (Fsp3) is 0.750. The summed E-state index contributed by atoms with van der Waals surface area (Å²) in [6.45, 7) is 4.79. The van der Waals surface area contributed by atoms with Crippen LogP contribution in [0.5, 0.6) is 0 Å². The zero-order chi connectivity index (χ0) is 12.3. The first-order valence-electron chi connectivity index (χ1n) is 6.30. The summed E-state index contributed by atoms with van der Waals surface area (Å²) in [4.78, 5) is 13.3. The van der Waals surface area contributed by atoms with Crippen LogP contribution in [0.4, 0.5) is 0 Å². The molecule has 1 unspecified atom stereocenters. The van der Waals surface area contributed by atoms with Crippen LogP contribution in [-0.4, -0.2) is 54.2 Å². The van der Waals surface area contributed by atoms with Gasteiger partial charge < -0.3 is 20.6 Å². The molecule has 0 aromatic rings. The third-order valence-corrected chi connectivity index (χ3v) is 3.58. The Morgan fingerprint density at radius 3 is 3.12 bits per heavy atom. The van der Waals surface area contributed by atoms with Gasteiger partial charge in [0.15, 0.2) is 0 Å². The predicted octanol–water partition coefficient (Wildman–Crippen LogP) is -0.563. The number of piperazine rings is 1. The van der Waals surface area contributed by atoms with Crippen LogP contribution >= 0.6 is 0 Å². The van der Waals surface area contributed by atoms with Crippen molar-refractivity contribution in [1.82, 2.24) is 15.5 Å². The van der Waals surface area contributed by atoms with Gasteiger partial charge in [-0.1, -0.05) is 13.0 Å². The highest BCUT2D eigenvalue weighted by atomic mass is 16.3. The first kappa shape index (κ1) is 12.4. The molecule has 0 aliphatic carbocycles. The van der Waals surface area contributed by atoms with Crippen LogP contribution in [-0.2, 0) is 4.79 Å². The van der Waals surface area contributed by atoms with Crippen molar-refractivity contribution in [3.05, 3.63) is 11.8 Å². The lowest BCUT2D eigenvalue weighted by Gasteiger charge is -2.41. The lowest BCUT2D eigenvalue weighted by Crippen LogP contribution is -2.62. The maximum absolute atomic E-state index is 11.6. The molecule has 17 heavy (non-hydrogen) atoms. The lowest BCUT2D eigenvalue weighted by atomic mass is 9.91. The normalized spacial score (nSPS) is 30.9. The molecule has 0 aromatic carbocycles. The molecule has 5 nitrogen and oxygen atoms in total. The van der Waals surface area contributed by atoms with E-state index >= 15 is 0 Å². The summed E-state index contributed by atoms with van der Waals surface area (Å²) in [7, 11) is 0. The van der Waals surface area contributed by atoms with Crippen LogP contribution in [0, 0.1) is 0 Å². The van der Waals surface area contributed by atoms with Crippen LogP contribution in [0.3, 0.4) is 0 Å². The number of carbonyl (C=O) groups excluding carboxylic acids is 1. The Bertz CT molecular complexity index is 330. The fourth-order valence-corrected chi connectivity index (χ4v) is 2.74. The summed E-state index contributed by atoms with van der Waals surface area (Å²) < 4.78 is 0. The average Bonchev–Trinajstić information content (AvgIpc) is 2.72. The molecule has 0 saturated carbocycles. The van der Waals surface area contributed by atoms with E-state index in [0.717, 1.165) is 25.9 Å². The Balaban J connectivity index is 2.14. The second-order valence-electron chi connectivity index (χ2n) is 4.69. The summed E-state index contributed by atoms with van der Waals surface area (Å²) in [5, 5.41) is 15.9. The van der Waals surface area contributed by atoms with Crippen LogP contribution in [0.25, 0.3) is 0 Å². The highest BCUT2D eigenvalue weighted by Crippen LogP contribution is 2.28. The standard InChI is InChI=1S/C12H21N3O2/c1-2-3-10-12(4-5-13-10)9-15(7-6-14-12)11(17)8-16/h3,13-14,16H,2,4-9H2,1H3/b10-3+. The molecule has 1 amide bonds. The largest absolute Gasteiger partial charge is 0.387 e. The Morgan fingerprint density at radius 1 is 1.59 bits per heavy atom. The predicted molar refractivity (Wildman–Crippen MR) is 65.4 cm³/mol. The zero-order valence-corrected chi connectivity index (χ0v) is 10.3. The lowest BCUT2D eigenvalue weighted by molar-refractivity contribution is -0.136. The summed E-state index contributed by atoms with van der Waals surface area (Å²) >= 11 is 0. The van der Waals surface area contributed by atoms with Gasteiger partial charge in [0.1, 0.15) is 6.61 Å². The Hall–Kier alpha value is -1.07. The molecule has 0 aromatic heterocycles. The van der Waals surface area contributed by atoms with Gasteiger partial charge in [-0.3, -0.25) is 4.79 Å². The molecule has 2 fully saturated rings. The van der Waals surface area contributed by atoms with Gasteiger partial charge in [-0.05, 0) is 12.8 Å². The van der Waals surface area contributed by atoms with Gasteiger partial charge in [0, 0.05) is 31.9 Å². The molecule has 1 spiro atoms. The number of hydrogen-bond donors (Lipinski definition) is 3. The average molecular weight is 239 g/mol. The molecule has 0 bridgehead atoms. The van der Waals surface area contributed by atoms with Gasteiger partial charge in [0.05, 0.1) is 5.54 Å². The van der Waals surface area contributed by atoms with Crippen molar-refractivity contribution >= 4 is 5.91 Å². The summed E-state index contributed by atoms with van der Waals surface area (Å²) in [6.07, 6.45) is 4.17. The van der Waals surface area contributed by atoms with Crippen molar-refractivity contribution < 1.29 is 9.90 Å². The summed E-state index contributed by atoms with van der Waals surface area (Å²) in [5.41, 5.74) is 1.09. The second kappa shape index (κ2) is 5.06. The zero-order valence-electron chi connectivity index (χ0n) is 10.3. The highest BCUT2D eigenvalue weighted by Gasteiger charge is 2.42. The van der Waals surface area contributed by atoms with Crippen molar-refractivity contribution in [1.29, 1.82) is 0 Å². The minimum absolute atomic E-state index is 0.112. The number of allylic oxidation sites excluding steroid dienone is 1. The quantitative estimate of drug-likeness (QED) is 0.604. The summed E-state index contributed by atoms with van der Waals surface area (Å²) in [6, 6.07) is 0. The molecular weight excluding hydrogens is 218 g/mol. The molecule has 1 atom stereocenters. The van der Waals surface area contributed by atoms with E-state index in [-0.39, 0.29) is 11.4 Å². The minimum Gasteiger partial charge on any atom is -0.387 e. The number of hydrogen-bond acceptors (Lipinski definition) is 4. The monoisotopic (exact) mass is 239 g/mol. The molecule has 0 radical (unpaired) electrons. The van der Waals surface area contributed by atoms with Crippen molar-refractivity contribution in [2.75, 3.05) is 32.8 Å². The molecule has 3 N–H and O–H groups in total. The van der Waals surface area contributed by atoms with Gasteiger partial charge in [-0.25, -0.2) is 0 Å². The Labute approximate surface area is 102 Å². The van der Waals surface area contributed by atoms with E-state index in [0.29, 0.717) is 13.1 Å². The van der Waals surface area contributed by atoms with E-state index in [4.69, 9.17) is 5.11 Å². The topological polar surface area (TPSA) is 64.6 Å².